The molecule has 3 N–H and O–H groups in total. The van der Waals surface area contributed by atoms with E-state index in [4.69, 9.17) is 27.3 Å². The van der Waals surface area contributed by atoms with E-state index in [1.165, 1.54) is 0 Å². The summed E-state index contributed by atoms with van der Waals surface area (Å²) in [5.74, 6) is 0.718. The molecule has 1 unspecified atom stereocenters. The van der Waals surface area contributed by atoms with Gasteiger partial charge in [0, 0.05) is 5.02 Å². The molecule has 0 aromatic heterocycles. The van der Waals surface area contributed by atoms with Crippen LogP contribution in [-0.2, 0) is 0 Å². The van der Waals surface area contributed by atoms with Gasteiger partial charge in [-0.1, -0.05) is 23.7 Å². The molecule has 1 aromatic rings. The fourth-order valence-corrected chi connectivity index (χ4v) is 1.39. The zero-order valence-electron chi connectivity index (χ0n) is 9.27. The van der Waals surface area contributed by atoms with Gasteiger partial charge in [-0.3, -0.25) is 0 Å². The highest BCUT2D eigenvalue weighted by atomic mass is 35.5. The normalized spacial score (nSPS) is 13.6. The van der Waals surface area contributed by atoms with Crippen LogP contribution >= 0.6 is 11.6 Å². The van der Waals surface area contributed by atoms with Crippen LogP contribution in [0.15, 0.2) is 23.4 Å². The van der Waals surface area contributed by atoms with Gasteiger partial charge in [0.05, 0.1) is 0 Å². The van der Waals surface area contributed by atoms with Crippen molar-refractivity contribution in [3.8, 4) is 5.75 Å². The summed E-state index contributed by atoms with van der Waals surface area (Å²) >= 11 is 5.90. The molecule has 4 nitrogen and oxygen atoms in total. The molecule has 0 saturated carbocycles. The molecule has 0 aliphatic carbocycles. The summed E-state index contributed by atoms with van der Waals surface area (Å²) in [7, 11) is 0. The van der Waals surface area contributed by atoms with E-state index < -0.39 is 6.10 Å². The first kappa shape index (κ1) is 12.6. The zero-order chi connectivity index (χ0) is 12.1. The third-order valence-electron chi connectivity index (χ3n) is 2.22. The van der Waals surface area contributed by atoms with Gasteiger partial charge >= 0.3 is 0 Å². The molecule has 0 saturated heterocycles. The lowest BCUT2D eigenvalue weighted by atomic mass is 10.2. The van der Waals surface area contributed by atoms with Crippen molar-refractivity contribution in [1.29, 1.82) is 0 Å². The number of hydrogen-bond acceptors (Lipinski definition) is 3. The first-order valence-corrected chi connectivity index (χ1v) is 5.36. The van der Waals surface area contributed by atoms with Gasteiger partial charge in [0.1, 0.15) is 5.75 Å². The Morgan fingerprint density at radius 2 is 2.31 bits per heavy atom. The number of rotatable bonds is 4. The second kappa shape index (κ2) is 5.61. The average Bonchev–Trinajstić information content (AvgIpc) is 2.29. The number of ether oxygens (including phenoxy) is 1. The lowest BCUT2D eigenvalue weighted by Gasteiger charge is -2.16. The fraction of sp³-hybridized carbons (Fsp3) is 0.364. The zero-order valence-corrected chi connectivity index (χ0v) is 10.0. The third kappa shape index (κ3) is 3.03. The van der Waals surface area contributed by atoms with E-state index in [0.717, 1.165) is 5.56 Å². The number of oxime groups is 1. The molecule has 88 valence electrons. The van der Waals surface area contributed by atoms with Crippen LogP contribution in [0.3, 0.4) is 0 Å². The Bertz CT molecular complexity index is 394. The Morgan fingerprint density at radius 1 is 1.62 bits per heavy atom. The number of halogens is 1. The van der Waals surface area contributed by atoms with Crippen LogP contribution in [0.2, 0.25) is 5.02 Å². The van der Waals surface area contributed by atoms with Crippen molar-refractivity contribution in [3.05, 3.63) is 28.8 Å². The molecule has 0 radical (unpaired) electrons. The largest absolute Gasteiger partial charge is 0.482 e. The topological polar surface area (TPSA) is 67.8 Å². The van der Waals surface area contributed by atoms with Crippen molar-refractivity contribution >= 4 is 17.4 Å². The number of amidine groups is 1. The summed E-state index contributed by atoms with van der Waals surface area (Å²) in [6, 6.07) is 5.32. The summed E-state index contributed by atoms with van der Waals surface area (Å²) in [6.07, 6.45) is 0.197. The van der Waals surface area contributed by atoms with Gasteiger partial charge < -0.3 is 15.7 Å². The summed E-state index contributed by atoms with van der Waals surface area (Å²) in [5.41, 5.74) is 6.42. The van der Waals surface area contributed by atoms with Gasteiger partial charge in [0.15, 0.2) is 11.9 Å². The molecule has 0 aliphatic rings. The Balaban J connectivity index is 2.82. The Morgan fingerprint density at radius 3 is 2.81 bits per heavy atom. The maximum absolute atomic E-state index is 8.57. The predicted octanol–water partition coefficient (Wildman–Crippen LogP) is 2.55. The van der Waals surface area contributed by atoms with Gasteiger partial charge in [-0.2, -0.15) is 0 Å². The van der Waals surface area contributed by atoms with Crippen LogP contribution in [0.25, 0.3) is 0 Å². The molecule has 0 aliphatic heterocycles. The maximum Gasteiger partial charge on any atom is 0.180 e. The van der Waals surface area contributed by atoms with E-state index in [1.807, 2.05) is 19.9 Å². The van der Waals surface area contributed by atoms with Crippen molar-refractivity contribution in [2.24, 2.45) is 10.9 Å². The number of aryl methyl sites for hydroxylation is 1. The summed E-state index contributed by atoms with van der Waals surface area (Å²) in [6.45, 7) is 3.78. The molecular weight excluding hydrogens is 228 g/mol. The molecule has 16 heavy (non-hydrogen) atoms. The average molecular weight is 243 g/mol. The number of benzene rings is 1. The van der Waals surface area contributed by atoms with Crippen LogP contribution in [-0.4, -0.2) is 17.1 Å². The molecule has 0 spiro atoms. The highest BCUT2D eigenvalue weighted by molar-refractivity contribution is 6.31. The van der Waals surface area contributed by atoms with Crippen LogP contribution in [0.4, 0.5) is 0 Å². The number of nitrogens with two attached hydrogens (primary N) is 1. The minimum atomic E-state index is -0.425. The monoisotopic (exact) mass is 242 g/mol. The SMILES string of the molecule is CCC(Oc1ccc(Cl)c(C)c1)C(N)=NO. The molecule has 1 aromatic carbocycles. The molecule has 5 heteroatoms. The smallest absolute Gasteiger partial charge is 0.180 e. The standard InChI is InChI=1S/C11H15ClN2O2/c1-3-10(11(13)14-15)16-8-4-5-9(12)7(2)6-8/h4-6,10,15H,3H2,1-2H3,(H2,13,14). The van der Waals surface area contributed by atoms with Crippen molar-refractivity contribution < 1.29 is 9.94 Å². The van der Waals surface area contributed by atoms with Crippen molar-refractivity contribution in [2.45, 2.75) is 26.4 Å². The molecule has 0 amide bonds. The molecule has 0 bridgehead atoms. The highest BCUT2D eigenvalue weighted by Crippen LogP contribution is 2.22. The Hall–Kier alpha value is -1.42. The highest BCUT2D eigenvalue weighted by Gasteiger charge is 2.13. The van der Waals surface area contributed by atoms with Crippen molar-refractivity contribution in [3.63, 3.8) is 0 Å². The van der Waals surface area contributed by atoms with Gasteiger partial charge in [-0.15, -0.1) is 0 Å². The predicted molar refractivity (Wildman–Crippen MR) is 64.3 cm³/mol. The third-order valence-corrected chi connectivity index (χ3v) is 2.65. The fourth-order valence-electron chi connectivity index (χ4n) is 1.27. The second-order valence-electron chi connectivity index (χ2n) is 3.45. The first-order valence-electron chi connectivity index (χ1n) is 4.98. The minimum Gasteiger partial charge on any atom is -0.482 e. The van der Waals surface area contributed by atoms with E-state index >= 15 is 0 Å². The molecule has 0 heterocycles. The van der Waals surface area contributed by atoms with Crippen molar-refractivity contribution in [1.82, 2.24) is 0 Å². The van der Waals surface area contributed by atoms with E-state index in [1.54, 1.807) is 12.1 Å². The van der Waals surface area contributed by atoms with E-state index in [0.29, 0.717) is 17.2 Å². The lowest BCUT2D eigenvalue weighted by molar-refractivity contribution is 0.246. The number of hydrogen-bond donors (Lipinski definition) is 2. The molecule has 1 rings (SSSR count). The van der Waals surface area contributed by atoms with Crippen molar-refractivity contribution in [2.75, 3.05) is 0 Å². The van der Waals surface area contributed by atoms with E-state index in [9.17, 15) is 0 Å². The Labute approximate surface area is 99.7 Å². The Kier molecular flexibility index (Phi) is 4.43. The summed E-state index contributed by atoms with van der Waals surface area (Å²) in [4.78, 5) is 0. The second-order valence-corrected chi connectivity index (χ2v) is 3.86. The minimum absolute atomic E-state index is 0.0649. The first-order chi connectivity index (χ1) is 7.58. The summed E-state index contributed by atoms with van der Waals surface area (Å²) in [5, 5.41) is 12.2. The number of nitrogens with zero attached hydrogens (tertiary/aromatic N) is 1. The van der Waals surface area contributed by atoms with Gasteiger partial charge in [0.2, 0.25) is 0 Å². The lowest BCUT2D eigenvalue weighted by Crippen LogP contribution is -2.33. The maximum atomic E-state index is 8.57. The van der Waals surface area contributed by atoms with Crippen LogP contribution in [0, 0.1) is 6.92 Å². The summed E-state index contributed by atoms with van der Waals surface area (Å²) < 4.78 is 5.58. The quantitative estimate of drug-likeness (QED) is 0.369. The molecule has 0 fully saturated rings. The van der Waals surface area contributed by atoms with Crippen LogP contribution in [0.5, 0.6) is 5.75 Å². The molecule has 1 atom stereocenters. The van der Waals surface area contributed by atoms with Gasteiger partial charge in [0.25, 0.3) is 0 Å². The van der Waals surface area contributed by atoms with Crippen LogP contribution < -0.4 is 10.5 Å². The van der Waals surface area contributed by atoms with Crippen LogP contribution in [0.1, 0.15) is 18.9 Å². The molecular formula is C11H15ClN2O2. The van der Waals surface area contributed by atoms with Gasteiger partial charge in [-0.25, -0.2) is 0 Å². The van der Waals surface area contributed by atoms with Gasteiger partial charge in [-0.05, 0) is 37.1 Å². The van der Waals surface area contributed by atoms with E-state index in [-0.39, 0.29) is 5.84 Å². The van der Waals surface area contributed by atoms with E-state index in [2.05, 4.69) is 5.16 Å².